The van der Waals surface area contributed by atoms with Crippen molar-refractivity contribution >= 4 is 33.2 Å². The second-order valence-corrected chi connectivity index (χ2v) is 6.58. The smallest absolute Gasteiger partial charge is 0.277 e. The van der Waals surface area contributed by atoms with E-state index in [4.69, 9.17) is 9.25 Å². The minimum Gasteiger partial charge on any atom is -0.467 e. The number of carbonyl (C=O) groups is 1. The third kappa shape index (κ3) is 4.53. The first-order valence-corrected chi connectivity index (χ1v) is 8.70. The maximum Gasteiger partial charge on any atom is 0.277 e. The number of hydrogen-bond donors (Lipinski definition) is 2. The van der Waals surface area contributed by atoms with Crippen LogP contribution in [0.15, 0.2) is 57.6 Å². The van der Waals surface area contributed by atoms with Gasteiger partial charge in [0.1, 0.15) is 12.4 Å². The van der Waals surface area contributed by atoms with E-state index in [-0.39, 0.29) is 17.9 Å². The Hall–Kier alpha value is -2.71. The van der Waals surface area contributed by atoms with Crippen LogP contribution in [0.25, 0.3) is 0 Å². The van der Waals surface area contributed by atoms with Crippen molar-refractivity contribution in [3.05, 3.63) is 81.7 Å². The highest BCUT2D eigenvalue weighted by molar-refractivity contribution is 9.10. The van der Waals surface area contributed by atoms with Gasteiger partial charge < -0.3 is 9.73 Å². The molecule has 0 radical (unpaired) electrons. The molecule has 0 bridgehead atoms. The number of anilines is 2. The summed E-state index contributed by atoms with van der Waals surface area (Å²) in [6.07, 6.45) is 1.47. The summed E-state index contributed by atoms with van der Waals surface area (Å²) in [7, 11) is 0. The maximum absolute atomic E-state index is 14.4. The number of carbonyl (C=O) groups excluding carboxylic acids is 1. The Bertz CT molecular complexity index is 962. The summed E-state index contributed by atoms with van der Waals surface area (Å²) >= 11 is 3.34. The van der Waals surface area contributed by atoms with Gasteiger partial charge in [0.05, 0.1) is 17.5 Å². The maximum atomic E-state index is 14.4. The summed E-state index contributed by atoms with van der Waals surface area (Å²) in [6, 6.07) is 10.7. The minimum atomic E-state index is -1.16. The molecule has 3 rings (SSSR count). The average Bonchev–Trinajstić information content (AvgIpc) is 3.14. The molecular weight excluding hydrogens is 422 g/mol. The molecule has 1 amide bonds. The Morgan fingerprint density at radius 3 is 2.74 bits per heavy atom. The fourth-order valence-corrected chi connectivity index (χ4v) is 2.86. The lowest BCUT2D eigenvalue weighted by molar-refractivity contribution is 0.0173. The van der Waals surface area contributed by atoms with Crippen molar-refractivity contribution in [1.29, 1.82) is 0 Å². The molecule has 0 spiro atoms. The lowest BCUT2D eigenvalue weighted by Gasteiger charge is -2.15. The number of rotatable bonds is 6. The van der Waals surface area contributed by atoms with Crippen molar-refractivity contribution in [2.24, 2.45) is 0 Å². The number of hydroxylamine groups is 1. The summed E-state index contributed by atoms with van der Waals surface area (Å²) < 4.78 is 34.0. The Morgan fingerprint density at radius 1 is 1.22 bits per heavy atom. The number of furan rings is 1. The van der Waals surface area contributed by atoms with E-state index in [1.807, 2.05) is 6.07 Å². The van der Waals surface area contributed by atoms with Crippen LogP contribution >= 0.6 is 15.9 Å². The van der Waals surface area contributed by atoms with Crippen molar-refractivity contribution in [3.63, 3.8) is 0 Å². The van der Waals surface area contributed by atoms with Crippen LogP contribution < -0.4 is 10.8 Å². The fourth-order valence-electron chi connectivity index (χ4n) is 2.39. The second-order valence-electron chi connectivity index (χ2n) is 5.67. The average molecular weight is 437 g/mol. The molecule has 0 aliphatic heterocycles. The van der Waals surface area contributed by atoms with E-state index < -0.39 is 17.5 Å². The first-order valence-electron chi connectivity index (χ1n) is 7.91. The third-order valence-electron chi connectivity index (χ3n) is 3.75. The van der Waals surface area contributed by atoms with Gasteiger partial charge >= 0.3 is 0 Å². The molecule has 2 aromatic carbocycles. The predicted octanol–water partition coefficient (Wildman–Crippen LogP) is 5.23. The van der Waals surface area contributed by atoms with Gasteiger partial charge in [-0.1, -0.05) is 15.9 Å². The van der Waals surface area contributed by atoms with Gasteiger partial charge in [0.15, 0.2) is 11.6 Å². The fraction of sp³-hybridized carbons (Fsp3) is 0.105. The van der Waals surface area contributed by atoms with E-state index in [1.165, 1.54) is 12.3 Å². The van der Waals surface area contributed by atoms with Gasteiger partial charge in [-0.25, -0.2) is 14.3 Å². The number of amides is 1. The predicted molar refractivity (Wildman–Crippen MR) is 99.5 cm³/mol. The molecule has 3 aromatic rings. The lowest BCUT2D eigenvalue weighted by atomic mass is 10.1. The third-order valence-corrected chi connectivity index (χ3v) is 4.24. The molecule has 8 heteroatoms. The van der Waals surface area contributed by atoms with Gasteiger partial charge in [-0.15, -0.1) is 0 Å². The second kappa shape index (κ2) is 8.32. The zero-order valence-electron chi connectivity index (χ0n) is 14.2. The lowest BCUT2D eigenvalue weighted by Crippen LogP contribution is -2.25. The summed E-state index contributed by atoms with van der Waals surface area (Å²) in [5.41, 5.74) is 3.14. The Balaban J connectivity index is 1.82. The van der Waals surface area contributed by atoms with Crippen LogP contribution in [0.3, 0.4) is 0 Å². The molecule has 0 fully saturated rings. The van der Waals surface area contributed by atoms with E-state index in [0.717, 1.165) is 16.1 Å². The molecule has 0 saturated heterocycles. The summed E-state index contributed by atoms with van der Waals surface area (Å²) in [5, 5.41) is 2.79. The molecule has 0 aliphatic carbocycles. The molecule has 0 atom stereocenters. The topological polar surface area (TPSA) is 63.5 Å². The van der Waals surface area contributed by atoms with Crippen LogP contribution in [-0.2, 0) is 11.4 Å². The summed E-state index contributed by atoms with van der Waals surface area (Å²) in [6.45, 7) is 1.80. The van der Waals surface area contributed by atoms with Crippen molar-refractivity contribution in [1.82, 2.24) is 5.48 Å². The highest BCUT2D eigenvalue weighted by atomic mass is 79.9. The SMILES string of the molecule is Cc1cc(Br)ccc1Nc1c(C(=O)NOCc2ccco2)ccc(F)c1F. The van der Waals surface area contributed by atoms with E-state index in [9.17, 15) is 13.6 Å². The number of hydrogen-bond acceptors (Lipinski definition) is 4. The number of benzene rings is 2. The Labute approximate surface area is 162 Å². The van der Waals surface area contributed by atoms with E-state index >= 15 is 0 Å². The number of aryl methyl sites for hydroxylation is 1. The summed E-state index contributed by atoms with van der Waals surface area (Å²) in [4.78, 5) is 17.4. The van der Waals surface area contributed by atoms with Crippen molar-refractivity contribution in [2.75, 3.05) is 5.32 Å². The van der Waals surface area contributed by atoms with Crippen LogP contribution in [0, 0.1) is 18.6 Å². The standard InChI is InChI=1S/C19H15BrF2N2O3/c1-11-9-12(20)4-7-16(11)23-18-14(5-6-15(21)17(18)22)19(25)24-27-10-13-3-2-8-26-13/h2-9,23H,10H2,1H3,(H,24,25). The highest BCUT2D eigenvalue weighted by Crippen LogP contribution is 2.29. The van der Waals surface area contributed by atoms with Gasteiger partial charge in [-0.05, 0) is 55.0 Å². The van der Waals surface area contributed by atoms with E-state index in [1.54, 1.807) is 31.2 Å². The van der Waals surface area contributed by atoms with E-state index in [2.05, 4.69) is 26.7 Å². The first kappa shape index (κ1) is 19.1. The highest BCUT2D eigenvalue weighted by Gasteiger charge is 2.20. The van der Waals surface area contributed by atoms with Gasteiger partial charge in [-0.3, -0.25) is 9.63 Å². The van der Waals surface area contributed by atoms with Crippen LogP contribution in [-0.4, -0.2) is 5.91 Å². The largest absolute Gasteiger partial charge is 0.467 e. The molecule has 1 aromatic heterocycles. The number of nitrogens with one attached hydrogen (secondary N) is 2. The van der Waals surface area contributed by atoms with Crippen LogP contribution in [0.1, 0.15) is 21.7 Å². The first-order chi connectivity index (χ1) is 13.0. The monoisotopic (exact) mass is 436 g/mol. The normalized spacial score (nSPS) is 10.7. The minimum absolute atomic E-state index is 0.00298. The van der Waals surface area contributed by atoms with Crippen LogP contribution in [0.5, 0.6) is 0 Å². The molecule has 27 heavy (non-hydrogen) atoms. The molecule has 0 unspecified atom stereocenters. The van der Waals surface area contributed by atoms with Crippen LogP contribution in [0.4, 0.5) is 20.2 Å². The van der Waals surface area contributed by atoms with Gasteiger partial charge in [0, 0.05) is 10.2 Å². The molecule has 140 valence electrons. The van der Waals surface area contributed by atoms with Gasteiger partial charge in [0.25, 0.3) is 5.91 Å². The molecule has 1 heterocycles. The molecule has 5 nitrogen and oxygen atoms in total. The number of halogens is 3. The quantitative estimate of drug-likeness (QED) is 0.519. The van der Waals surface area contributed by atoms with Crippen LogP contribution in [0.2, 0.25) is 0 Å². The van der Waals surface area contributed by atoms with Gasteiger partial charge in [-0.2, -0.15) is 0 Å². The molecule has 2 N–H and O–H groups in total. The zero-order valence-corrected chi connectivity index (χ0v) is 15.8. The molecule has 0 aliphatic rings. The molecule has 0 saturated carbocycles. The Morgan fingerprint density at radius 2 is 2.04 bits per heavy atom. The van der Waals surface area contributed by atoms with Gasteiger partial charge in [0.2, 0.25) is 0 Å². The van der Waals surface area contributed by atoms with Crippen molar-refractivity contribution in [2.45, 2.75) is 13.5 Å². The summed E-state index contributed by atoms with van der Waals surface area (Å²) in [5.74, 6) is -2.45. The zero-order chi connectivity index (χ0) is 19.4. The Kier molecular flexibility index (Phi) is 5.88. The van der Waals surface area contributed by atoms with E-state index in [0.29, 0.717) is 11.4 Å². The van der Waals surface area contributed by atoms with Crippen molar-refractivity contribution in [3.8, 4) is 0 Å². The van der Waals surface area contributed by atoms with Crippen molar-refractivity contribution < 1.29 is 22.8 Å². The molecular formula is C19H15BrF2N2O3.